The Labute approximate surface area is 169 Å². The number of nitrogens with zero attached hydrogens (tertiary/aromatic N) is 7. The molecule has 8 nitrogen and oxygen atoms in total. The first kappa shape index (κ1) is 18.9. The first-order valence-corrected chi connectivity index (χ1v) is 9.42. The van der Waals surface area contributed by atoms with Crippen molar-refractivity contribution in [3.63, 3.8) is 0 Å². The molecule has 0 aliphatic carbocycles. The summed E-state index contributed by atoms with van der Waals surface area (Å²) in [6.07, 6.45) is 7.11. The molecule has 0 atom stereocenters. The molecule has 148 valence electrons. The van der Waals surface area contributed by atoms with Crippen molar-refractivity contribution in [1.82, 2.24) is 35.1 Å². The Kier molecular flexibility index (Phi) is 4.49. The zero-order valence-electron chi connectivity index (χ0n) is 17.5. The first-order chi connectivity index (χ1) is 13.7. The van der Waals surface area contributed by atoms with Crippen LogP contribution in [0.25, 0.3) is 33.5 Å². The van der Waals surface area contributed by atoms with Crippen molar-refractivity contribution < 1.29 is 0 Å². The van der Waals surface area contributed by atoms with E-state index in [1.54, 1.807) is 24.8 Å². The van der Waals surface area contributed by atoms with Gasteiger partial charge in [0.15, 0.2) is 5.65 Å². The van der Waals surface area contributed by atoms with Gasteiger partial charge in [-0.25, -0.2) is 15.0 Å². The average molecular weight is 388 g/mol. The van der Waals surface area contributed by atoms with Crippen LogP contribution in [0.5, 0.6) is 0 Å². The largest absolute Gasteiger partial charge is 0.347 e. The van der Waals surface area contributed by atoms with Gasteiger partial charge >= 0.3 is 0 Å². The lowest BCUT2D eigenvalue weighted by atomic mass is 9.88. The maximum Gasteiger partial charge on any atom is 0.224 e. The molecule has 4 rings (SSSR count). The van der Waals surface area contributed by atoms with Gasteiger partial charge in [0.05, 0.1) is 34.4 Å². The second-order valence-electron chi connectivity index (χ2n) is 8.31. The molecule has 29 heavy (non-hydrogen) atoms. The highest BCUT2D eigenvalue weighted by Crippen LogP contribution is 2.36. The third-order valence-electron chi connectivity index (χ3n) is 4.66. The van der Waals surface area contributed by atoms with Gasteiger partial charge in [0.25, 0.3) is 0 Å². The number of fused-ring (bicyclic) bond motifs is 1. The number of hydrogen-bond donors (Lipinski definition) is 1. The van der Waals surface area contributed by atoms with Crippen molar-refractivity contribution in [2.45, 2.75) is 33.1 Å². The highest BCUT2D eigenvalue weighted by atomic mass is 15.2. The number of rotatable bonds is 3. The molecule has 4 aromatic heterocycles. The fourth-order valence-electron chi connectivity index (χ4n) is 3.13. The molecule has 0 aromatic carbocycles. The minimum Gasteiger partial charge on any atom is -0.347 e. The number of aromatic nitrogens is 7. The minimum atomic E-state index is -0.124. The third-order valence-corrected chi connectivity index (χ3v) is 4.66. The summed E-state index contributed by atoms with van der Waals surface area (Å²) in [7, 11) is 3.82. The molecule has 0 amide bonds. The van der Waals surface area contributed by atoms with E-state index in [1.165, 1.54) is 0 Å². The van der Waals surface area contributed by atoms with E-state index in [1.807, 2.05) is 32.0 Å². The Hall–Kier alpha value is -3.42. The van der Waals surface area contributed by atoms with Crippen molar-refractivity contribution in [2.75, 3.05) is 19.0 Å². The van der Waals surface area contributed by atoms with E-state index in [0.717, 1.165) is 39.3 Å². The molecular formula is C21H24N8. The fraction of sp³-hybridized carbons (Fsp3) is 0.333. The third kappa shape index (κ3) is 3.53. The smallest absolute Gasteiger partial charge is 0.224 e. The standard InChI is InChI=1S/C21H24N8/c1-12-8-23-16(11-22-12)14-7-15(13-9-24-20(25-10-13)29(5)6)26-19-17(14)18(27-28-19)21(2,3)4/h7-11H,1-6H3,(H,26,27,28). The molecule has 4 aromatic rings. The predicted molar refractivity (Wildman–Crippen MR) is 114 cm³/mol. The second-order valence-corrected chi connectivity index (χ2v) is 8.31. The number of aryl methyl sites for hydroxylation is 1. The Morgan fingerprint density at radius 3 is 2.21 bits per heavy atom. The quantitative estimate of drug-likeness (QED) is 0.573. The molecule has 0 aliphatic heterocycles. The summed E-state index contributed by atoms with van der Waals surface area (Å²) in [5, 5.41) is 8.63. The Morgan fingerprint density at radius 1 is 0.897 bits per heavy atom. The summed E-state index contributed by atoms with van der Waals surface area (Å²) < 4.78 is 0. The molecule has 0 fully saturated rings. The van der Waals surface area contributed by atoms with Crippen LogP contribution in [0.2, 0.25) is 0 Å². The Bertz CT molecular complexity index is 1150. The lowest BCUT2D eigenvalue weighted by Gasteiger charge is -2.18. The van der Waals surface area contributed by atoms with Crippen LogP contribution >= 0.6 is 0 Å². The van der Waals surface area contributed by atoms with Crippen molar-refractivity contribution in [3.05, 3.63) is 42.2 Å². The number of pyridine rings is 1. The van der Waals surface area contributed by atoms with Crippen molar-refractivity contribution in [3.8, 4) is 22.5 Å². The molecule has 0 unspecified atom stereocenters. The van der Waals surface area contributed by atoms with Crippen LogP contribution < -0.4 is 4.90 Å². The van der Waals surface area contributed by atoms with E-state index in [2.05, 4.69) is 50.9 Å². The Balaban J connectivity index is 1.95. The topological polar surface area (TPSA) is 96.4 Å². The van der Waals surface area contributed by atoms with Gasteiger partial charge in [-0.1, -0.05) is 20.8 Å². The van der Waals surface area contributed by atoms with Crippen LogP contribution in [0.3, 0.4) is 0 Å². The van der Waals surface area contributed by atoms with E-state index in [9.17, 15) is 0 Å². The molecule has 0 aliphatic rings. The van der Waals surface area contributed by atoms with Gasteiger partial charge in [0, 0.05) is 49.2 Å². The first-order valence-electron chi connectivity index (χ1n) is 9.42. The molecule has 0 spiro atoms. The van der Waals surface area contributed by atoms with Crippen LogP contribution in [0.1, 0.15) is 32.2 Å². The molecule has 0 bridgehead atoms. The lowest BCUT2D eigenvalue weighted by molar-refractivity contribution is 0.571. The van der Waals surface area contributed by atoms with Gasteiger partial charge in [0.2, 0.25) is 5.95 Å². The van der Waals surface area contributed by atoms with Crippen molar-refractivity contribution in [1.29, 1.82) is 0 Å². The van der Waals surface area contributed by atoms with Gasteiger partial charge in [0.1, 0.15) is 0 Å². The van der Waals surface area contributed by atoms with Gasteiger partial charge in [-0.3, -0.25) is 15.1 Å². The number of nitrogens with one attached hydrogen (secondary N) is 1. The minimum absolute atomic E-state index is 0.124. The van der Waals surface area contributed by atoms with E-state index < -0.39 is 0 Å². The summed E-state index contributed by atoms with van der Waals surface area (Å²) in [5.74, 6) is 0.647. The van der Waals surface area contributed by atoms with Crippen LogP contribution in [0, 0.1) is 6.92 Å². The summed E-state index contributed by atoms with van der Waals surface area (Å²) in [4.78, 5) is 24.5. The molecule has 4 heterocycles. The summed E-state index contributed by atoms with van der Waals surface area (Å²) >= 11 is 0. The number of hydrogen-bond acceptors (Lipinski definition) is 7. The maximum absolute atomic E-state index is 4.77. The SMILES string of the molecule is Cc1cnc(-c2cc(-c3cnc(N(C)C)nc3)nc3n[nH]c(C(C)(C)C)c23)cn1. The van der Waals surface area contributed by atoms with Crippen molar-refractivity contribution >= 4 is 17.0 Å². The fourth-order valence-corrected chi connectivity index (χ4v) is 3.13. The highest BCUT2D eigenvalue weighted by molar-refractivity contribution is 5.96. The zero-order chi connectivity index (χ0) is 20.8. The maximum atomic E-state index is 4.77. The normalized spacial score (nSPS) is 11.8. The molecule has 8 heteroatoms. The summed E-state index contributed by atoms with van der Waals surface area (Å²) in [6, 6.07) is 2.01. The van der Waals surface area contributed by atoms with Gasteiger partial charge in [-0.2, -0.15) is 5.10 Å². The second kappa shape index (κ2) is 6.88. The Morgan fingerprint density at radius 2 is 1.62 bits per heavy atom. The van der Waals surface area contributed by atoms with E-state index in [-0.39, 0.29) is 5.41 Å². The van der Waals surface area contributed by atoms with Crippen LogP contribution in [0.4, 0.5) is 5.95 Å². The number of anilines is 1. The zero-order valence-corrected chi connectivity index (χ0v) is 17.5. The van der Waals surface area contributed by atoms with Crippen LogP contribution in [-0.2, 0) is 5.41 Å². The van der Waals surface area contributed by atoms with E-state index in [4.69, 9.17) is 4.98 Å². The van der Waals surface area contributed by atoms with E-state index in [0.29, 0.717) is 11.6 Å². The summed E-state index contributed by atoms with van der Waals surface area (Å²) in [6.45, 7) is 8.36. The van der Waals surface area contributed by atoms with E-state index >= 15 is 0 Å². The van der Waals surface area contributed by atoms with Crippen LogP contribution in [-0.4, -0.2) is 49.2 Å². The molecule has 0 saturated carbocycles. The lowest BCUT2D eigenvalue weighted by Crippen LogP contribution is -2.12. The molecule has 0 saturated heterocycles. The van der Waals surface area contributed by atoms with Gasteiger partial charge in [-0.05, 0) is 13.0 Å². The number of H-pyrrole nitrogens is 1. The van der Waals surface area contributed by atoms with Gasteiger partial charge in [-0.15, -0.1) is 0 Å². The average Bonchev–Trinajstić information content (AvgIpc) is 3.12. The summed E-state index contributed by atoms with van der Waals surface area (Å²) in [5.41, 5.74) is 5.68. The monoisotopic (exact) mass is 388 g/mol. The highest BCUT2D eigenvalue weighted by Gasteiger charge is 2.24. The molecule has 1 N–H and O–H groups in total. The van der Waals surface area contributed by atoms with Crippen molar-refractivity contribution in [2.24, 2.45) is 0 Å². The molecular weight excluding hydrogens is 364 g/mol. The molecule has 0 radical (unpaired) electrons. The van der Waals surface area contributed by atoms with Crippen LogP contribution in [0.15, 0.2) is 30.9 Å². The van der Waals surface area contributed by atoms with Gasteiger partial charge < -0.3 is 4.90 Å². The predicted octanol–water partition coefficient (Wildman–Crippen LogP) is 3.54. The number of aromatic amines is 1.